The lowest BCUT2D eigenvalue weighted by atomic mass is 9.87. The van der Waals surface area contributed by atoms with Crippen LogP contribution in [0.1, 0.15) is 54.6 Å². The number of aromatic hydroxyl groups is 1. The van der Waals surface area contributed by atoms with Gasteiger partial charge in [0.25, 0.3) is 0 Å². The van der Waals surface area contributed by atoms with Crippen LogP contribution in [0.4, 0.5) is 0 Å². The summed E-state index contributed by atoms with van der Waals surface area (Å²) < 4.78 is 5.58. The molecular weight excluding hydrogens is 252 g/mol. The van der Waals surface area contributed by atoms with Crippen LogP contribution in [0, 0.1) is 6.92 Å². The molecule has 0 amide bonds. The fourth-order valence-electron chi connectivity index (χ4n) is 2.92. The van der Waals surface area contributed by atoms with Crippen molar-refractivity contribution in [1.29, 1.82) is 0 Å². The molecule has 1 aromatic heterocycles. The van der Waals surface area contributed by atoms with E-state index in [1.54, 1.807) is 12.3 Å². The number of nitrogens with one attached hydrogen (secondary N) is 1. The summed E-state index contributed by atoms with van der Waals surface area (Å²) in [5, 5.41) is 13.2. The van der Waals surface area contributed by atoms with E-state index in [4.69, 9.17) is 4.42 Å². The highest BCUT2D eigenvalue weighted by atomic mass is 16.4. The van der Waals surface area contributed by atoms with E-state index < -0.39 is 0 Å². The van der Waals surface area contributed by atoms with Crippen molar-refractivity contribution in [2.45, 2.75) is 45.2 Å². The second kappa shape index (κ2) is 5.29. The minimum Gasteiger partial charge on any atom is -0.508 e. The normalized spacial score (nSPS) is 19.6. The third-order valence-corrected chi connectivity index (χ3v) is 3.90. The largest absolute Gasteiger partial charge is 0.508 e. The first kappa shape index (κ1) is 13.2. The van der Waals surface area contributed by atoms with Crippen molar-refractivity contribution in [3.05, 3.63) is 47.2 Å². The lowest BCUT2D eigenvalue weighted by Crippen LogP contribution is -2.27. The van der Waals surface area contributed by atoms with Gasteiger partial charge in [0.15, 0.2) is 0 Å². The number of nitrogens with zero attached hydrogens (tertiary/aromatic N) is 1. The smallest absolute Gasteiger partial charge is 0.211 e. The number of rotatable bonds is 3. The van der Waals surface area contributed by atoms with Crippen LogP contribution in [0.15, 0.2) is 28.8 Å². The van der Waals surface area contributed by atoms with E-state index in [1.807, 2.05) is 19.1 Å². The predicted molar refractivity (Wildman–Crippen MR) is 76.6 cm³/mol. The zero-order valence-electron chi connectivity index (χ0n) is 11.9. The molecule has 0 saturated carbocycles. The number of aromatic nitrogens is 1. The molecule has 2 atom stereocenters. The van der Waals surface area contributed by atoms with Gasteiger partial charge in [0, 0.05) is 6.04 Å². The molecule has 4 nitrogen and oxygen atoms in total. The maximum absolute atomic E-state index is 9.59. The second-order valence-electron chi connectivity index (χ2n) is 5.53. The van der Waals surface area contributed by atoms with E-state index in [0.29, 0.717) is 11.8 Å². The minimum atomic E-state index is 0.0773. The molecule has 0 spiro atoms. The lowest BCUT2D eigenvalue weighted by Gasteiger charge is -2.28. The van der Waals surface area contributed by atoms with Crippen LogP contribution in [-0.2, 0) is 6.42 Å². The molecule has 0 fully saturated rings. The van der Waals surface area contributed by atoms with Crippen molar-refractivity contribution >= 4 is 0 Å². The zero-order chi connectivity index (χ0) is 14.1. The molecule has 2 unspecified atom stereocenters. The SMILES string of the molecule is Cc1cnc(C(C)NC2CCCc3cc(O)ccc32)o1. The number of benzene rings is 1. The molecule has 1 aliphatic rings. The number of phenols is 1. The lowest BCUT2D eigenvalue weighted by molar-refractivity contribution is 0.352. The maximum Gasteiger partial charge on any atom is 0.211 e. The third-order valence-electron chi connectivity index (χ3n) is 3.90. The van der Waals surface area contributed by atoms with Gasteiger partial charge in [0.1, 0.15) is 11.5 Å². The molecule has 0 radical (unpaired) electrons. The fourth-order valence-corrected chi connectivity index (χ4v) is 2.92. The molecule has 2 N–H and O–H groups in total. The predicted octanol–water partition coefficient (Wildman–Crippen LogP) is 3.42. The molecule has 1 aromatic carbocycles. The van der Waals surface area contributed by atoms with E-state index in [1.165, 1.54) is 11.1 Å². The highest BCUT2D eigenvalue weighted by molar-refractivity contribution is 5.38. The molecule has 3 rings (SSSR count). The topological polar surface area (TPSA) is 58.3 Å². The van der Waals surface area contributed by atoms with E-state index in [-0.39, 0.29) is 6.04 Å². The number of phenolic OH excluding ortho intramolecular Hbond substituents is 1. The number of fused-ring (bicyclic) bond motifs is 1. The first-order chi connectivity index (χ1) is 9.63. The minimum absolute atomic E-state index is 0.0773. The third kappa shape index (κ3) is 2.56. The molecule has 4 heteroatoms. The van der Waals surface area contributed by atoms with Crippen LogP contribution in [0.3, 0.4) is 0 Å². The monoisotopic (exact) mass is 272 g/mol. The number of hydrogen-bond donors (Lipinski definition) is 2. The van der Waals surface area contributed by atoms with Gasteiger partial charge in [-0.25, -0.2) is 4.98 Å². The van der Waals surface area contributed by atoms with E-state index in [2.05, 4.69) is 17.2 Å². The van der Waals surface area contributed by atoms with E-state index >= 15 is 0 Å². The molecule has 0 aliphatic heterocycles. The van der Waals surface area contributed by atoms with E-state index in [9.17, 15) is 5.11 Å². The number of hydrogen-bond acceptors (Lipinski definition) is 4. The summed E-state index contributed by atoms with van der Waals surface area (Å²) in [4.78, 5) is 4.28. The highest BCUT2D eigenvalue weighted by Crippen LogP contribution is 2.33. The summed E-state index contributed by atoms with van der Waals surface area (Å²) >= 11 is 0. The number of aryl methyl sites for hydroxylation is 2. The standard InChI is InChI=1S/C16H20N2O2/c1-10-9-17-16(20-10)11(2)18-15-5-3-4-12-8-13(19)6-7-14(12)15/h6-9,11,15,18-19H,3-5H2,1-2H3. The average molecular weight is 272 g/mol. The van der Waals surface area contributed by atoms with Gasteiger partial charge < -0.3 is 9.52 Å². The summed E-state index contributed by atoms with van der Waals surface area (Å²) in [7, 11) is 0. The van der Waals surface area contributed by atoms with Gasteiger partial charge in [0.05, 0.1) is 12.2 Å². The van der Waals surface area contributed by atoms with Crippen LogP contribution < -0.4 is 5.32 Å². The summed E-state index contributed by atoms with van der Waals surface area (Å²) in [5.41, 5.74) is 2.52. The Balaban J connectivity index is 1.79. The van der Waals surface area contributed by atoms with Crippen LogP contribution in [0.2, 0.25) is 0 Å². The molecule has 1 aliphatic carbocycles. The van der Waals surface area contributed by atoms with Crippen molar-refractivity contribution in [2.24, 2.45) is 0 Å². The molecule has 0 bridgehead atoms. The first-order valence-corrected chi connectivity index (χ1v) is 7.13. The summed E-state index contributed by atoms with van der Waals surface area (Å²) in [6.07, 6.45) is 5.02. The average Bonchev–Trinajstić information content (AvgIpc) is 2.85. The van der Waals surface area contributed by atoms with Crippen LogP contribution >= 0.6 is 0 Å². The van der Waals surface area contributed by atoms with Gasteiger partial charge in [-0.3, -0.25) is 5.32 Å². The van der Waals surface area contributed by atoms with Gasteiger partial charge >= 0.3 is 0 Å². The Morgan fingerprint density at radius 1 is 1.45 bits per heavy atom. The van der Waals surface area contributed by atoms with Crippen molar-refractivity contribution in [2.75, 3.05) is 0 Å². The van der Waals surface area contributed by atoms with Crippen LogP contribution in [0.25, 0.3) is 0 Å². The van der Waals surface area contributed by atoms with Crippen molar-refractivity contribution in [3.8, 4) is 5.75 Å². The molecule has 20 heavy (non-hydrogen) atoms. The van der Waals surface area contributed by atoms with Crippen molar-refractivity contribution in [1.82, 2.24) is 10.3 Å². The van der Waals surface area contributed by atoms with Gasteiger partial charge in [-0.05, 0) is 56.4 Å². The highest BCUT2D eigenvalue weighted by Gasteiger charge is 2.23. The van der Waals surface area contributed by atoms with E-state index in [0.717, 1.165) is 30.9 Å². The summed E-state index contributed by atoms with van der Waals surface area (Å²) in [6, 6.07) is 6.03. The van der Waals surface area contributed by atoms with Crippen molar-refractivity contribution < 1.29 is 9.52 Å². The fraction of sp³-hybridized carbons (Fsp3) is 0.438. The second-order valence-corrected chi connectivity index (χ2v) is 5.53. The number of oxazole rings is 1. The van der Waals surface area contributed by atoms with Crippen molar-refractivity contribution in [3.63, 3.8) is 0 Å². The Morgan fingerprint density at radius 2 is 2.30 bits per heavy atom. The molecular formula is C16H20N2O2. The van der Waals surface area contributed by atoms with Gasteiger partial charge in [-0.2, -0.15) is 0 Å². The molecule has 2 aromatic rings. The van der Waals surface area contributed by atoms with Crippen LogP contribution in [0.5, 0.6) is 5.75 Å². The van der Waals surface area contributed by atoms with Gasteiger partial charge in [-0.1, -0.05) is 6.07 Å². The Kier molecular flexibility index (Phi) is 3.49. The Labute approximate surface area is 118 Å². The molecule has 1 heterocycles. The molecule has 106 valence electrons. The Bertz CT molecular complexity index is 606. The van der Waals surface area contributed by atoms with Crippen LogP contribution in [-0.4, -0.2) is 10.1 Å². The Morgan fingerprint density at radius 3 is 3.05 bits per heavy atom. The zero-order valence-corrected chi connectivity index (χ0v) is 11.9. The molecule has 0 saturated heterocycles. The summed E-state index contributed by atoms with van der Waals surface area (Å²) in [5.74, 6) is 1.91. The van der Waals surface area contributed by atoms with Gasteiger partial charge in [0.2, 0.25) is 5.89 Å². The quantitative estimate of drug-likeness (QED) is 0.899. The maximum atomic E-state index is 9.59. The first-order valence-electron chi connectivity index (χ1n) is 7.13. The van der Waals surface area contributed by atoms with Gasteiger partial charge in [-0.15, -0.1) is 0 Å². The summed E-state index contributed by atoms with van der Waals surface area (Å²) in [6.45, 7) is 3.97. The Hall–Kier alpha value is -1.81.